The quantitative estimate of drug-likeness (QED) is 0.418. The maximum Gasteiger partial charge on any atom is 0.359 e. The van der Waals surface area contributed by atoms with Gasteiger partial charge in [0.1, 0.15) is 0 Å². The summed E-state index contributed by atoms with van der Waals surface area (Å²) >= 11 is 4.67. The second-order valence-electron chi connectivity index (χ2n) is 6.12. The number of nitrogens with zero attached hydrogens (tertiary/aromatic N) is 2. The van der Waals surface area contributed by atoms with Crippen molar-refractivity contribution in [3.8, 4) is 11.3 Å². The molecule has 0 radical (unpaired) electrons. The van der Waals surface area contributed by atoms with Gasteiger partial charge in [0.15, 0.2) is 17.4 Å². The summed E-state index contributed by atoms with van der Waals surface area (Å²) in [5.41, 5.74) is 1.15. The largest absolute Gasteiger partial charge is 0.451 e. The molecule has 0 fully saturated rings. The van der Waals surface area contributed by atoms with E-state index < -0.39 is 24.0 Å². The van der Waals surface area contributed by atoms with Crippen molar-refractivity contribution in [1.82, 2.24) is 15.2 Å². The molecule has 8 nitrogen and oxygen atoms in total. The number of carbonyl (C=O) groups excluding carboxylic acids is 2. The molecule has 150 valence electrons. The molecule has 4 rings (SSSR count). The molecule has 0 aliphatic rings. The molecule has 4 aromatic rings. The lowest BCUT2D eigenvalue weighted by Crippen LogP contribution is -2.22. The average Bonchev–Trinajstić information content (AvgIpc) is 3.21. The molecule has 0 bridgehead atoms. The topological polar surface area (TPSA) is 114 Å². The van der Waals surface area contributed by atoms with Gasteiger partial charge in [-0.1, -0.05) is 46.3 Å². The first-order valence-corrected chi connectivity index (χ1v) is 10.3. The zero-order valence-corrected chi connectivity index (χ0v) is 17.6. The SMILES string of the molecule is O=C(COC(=O)c1n[nH]c(=O)c2ccccc12)Nc1nc(-c2cccc(Br)c2)cs1. The molecule has 2 aromatic carbocycles. The Kier molecular flexibility index (Phi) is 5.68. The first-order valence-electron chi connectivity index (χ1n) is 8.67. The number of ether oxygens (including phenoxy) is 1. The Hall–Kier alpha value is -3.37. The van der Waals surface area contributed by atoms with Gasteiger partial charge in [0, 0.05) is 20.8 Å². The predicted octanol–water partition coefficient (Wildman–Crippen LogP) is 3.60. The van der Waals surface area contributed by atoms with Crippen LogP contribution in [0.15, 0.2) is 63.2 Å². The van der Waals surface area contributed by atoms with Crippen LogP contribution in [0.25, 0.3) is 22.0 Å². The molecule has 2 heterocycles. The van der Waals surface area contributed by atoms with Crippen molar-refractivity contribution in [2.75, 3.05) is 11.9 Å². The lowest BCUT2D eigenvalue weighted by atomic mass is 10.1. The van der Waals surface area contributed by atoms with Crippen molar-refractivity contribution in [3.05, 3.63) is 74.4 Å². The predicted molar refractivity (Wildman–Crippen MR) is 117 cm³/mol. The average molecular weight is 485 g/mol. The van der Waals surface area contributed by atoms with Crippen molar-refractivity contribution >= 4 is 55.0 Å². The number of aromatic amines is 1. The third-order valence-corrected chi connectivity index (χ3v) is 5.35. The molecular weight excluding hydrogens is 472 g/mol. The van der Waals surface area contributed by atoms with Gasteiger partial charge in [-0.15, -0.1) is 11.3 Å². The molecule has 0 saturated carbocycles. The van der Waals surface area contributed by atoms with E-state index in [0.717, 1.165) is 15.7 Å². The van der Waals surface area contributed by atoms with Crippen LogP contribution in [-0.2, 0) is 9.53 Å². The van der Waals surface area contributed by atoms with E-state index in [1.807, 2.05) is 29.6 Å². The standard InChI is InChI=1S/C20H13BrN4O4S/c21-12-5-3-4-11(8-12)15-10-30-20(22-15)23-16(26)9-29-19(28)17-13-6-1-2-7-14(13)18(27)25-24-17/h1-8,10H,9H2,(H,25,27)(H,22,23,26). The molecule has 0 aliphatic heterocycles. The van der Waals surface area contributed by atoms with Gasteiger partial charge >= 0.3 is 5.97 Å². The van der Waals surface area contributed by atoms with Crippen LogP contribution in [0.1, 0.15) is 10.5 Å². The summed E-state index contributed by atoms with van der Waals surface area (Å²) in [6.07, 6.45) is 0. The molecule has 0 saturated heterocycles. The minimum atomic E-state index is -0.813. The van der Waals surface area contributed by atoms with E-state index in [-0.39, 0.29) is 5.69 Å². The molecule has 10 heteroatoms. The highest BCUT2D eigenvalue weighted by molar-refractivity contribution is 9.10. The lowest BCUT2D eigenvalue weighted by molar-refractivity contribution is -0.119. The van der Waals surface area contributed by atoms with Crippen LogP contribution in [-0.4, -0.2) is 33.7 Å². The summed E-state index contributed by atoms with van der Waals surface area (Å²) < 4.78 is 5.98. The number of fused-ring (bicyclic) bond motifs is 1. The van der Waals surface area contributed by atoms with Crippen LogP contribution in [0.2, 0.25) is 0 Å². The van der Waals surface area contributed by atoms with Gasteiger partial charge in [-0.2, -0.15) is 5.10 Å². The molecule has 1 amide bonds. The molecular formula is C20H13BrN4O4S. The number of halogens is 1. The molecule has 2 aromatic heterocycles. The number of esters is 1. The Morgan fingerprint density at radius 3 is 2.73 bits per heavy atom. The molecule has 30 heavy (non-hydrogen) atoms. The monoisotopic (exact) mass is 484 g/mol. The lowest BCUT2D eigenvalue weighted by Gasteiger charge is -2.06. The number of thiazole rings is 1. The Balaban J connectivity index is 1.41. The van der Waals surface area contributed by atoms with Crippen molar-refractivity contribution in [2.24, 2.45) is 0 Å². The van der Waals surface area contributed by atoms with Crippen LogP contribution in [0.3, 0.4) is 0 Å². The number of hydrogen-bond acceptors (Lipinski definition) is 7. The molecule has 0 atom stereocenters. The first kappa shape index (κ1) is 19.9. The van der Waals surface area contributed by atoms with E-state index in [2.05, 4.69) is 36.4 Å². The second kappa shape index (κ2) is 8.56. The van der Waals surface area contributed by atoms with Crippen LogP contribution in [0, 0.1) is 0 Å². The summed E-state index contributed by atoms with van der Waals surface area (Å²) in [5.74, 6) is -1.35. The number of carbonyl (C=O) groups is 2. The first-order chi connectivity index (χ1) is 14.5. The summed E-state index contributed by atoms with van der Waals surface area (Å²) in [4.78, 5) is 40.7. The Morgan fingerprint density at radius 2 is 1.93 bits per heavy atom. The van der Waals surface area contributed by atoms with E-state index in [9.17, 15) is 14.4 Å². The number of nitrogens with one attached hydrogen (secondary N) is 2. The van der Waals surface area contributed by atoms with E-state index in [4.69, 9.17) is 4.74 Å². The maximum absolute atomic E-state index is 12.3. The van der Waals surface area contributed by atoms with Crippen molar-refractivity contribution in [3.63, 3.8) is 0 Å². The van der Waals surface area contributed by atoms with E-state index in [1.54, 1.807) is 24.3 Å². The smallest absolute Gasteiger partial charge is 0.359 e. The van der Waals surface area contributed by atoms with E-state index in [1.165, 1.54) is 11.3 Å². The number of aromatic nitrogens is 3. The summed E-state index contributed by atoms with van der Waals surface area (Å²) in [5, 5.41) is 11.5. The Morgan fingerprint density at radius 1 is 1.13 bits per heavy atom. The van der Waals surface area contributed by atoms with Crippen LogP contribution < -0.4 is 10.9 Å². The van der Waals surface area contributed by atoms with Crippen molar-refractivity contribution < 1.29 is 14.3 Å². The third-order valence-electron chi connectivity index (χ3n) is 4.09. The van der Waals surface area contributed by atoms with Crippen LogP contribution in [0.4, 0.5) is 5.13 Å². The summed E-state index contributed by atoms with van der Waals surface area (Å²) in [7, 11) is 0. The highest BCUT2D eigenvalue weighted by atomic mass is 79.9. The van der Waals surface area contributed by atoms with Crippen molar-refractivity contribution in [2.45, 2.75) is 0 Å². The fourth-order valence-electron chi connectivity index (χ4n) is 2.74. The Bertz CT molecular complexity index is 1320. The van der Waals surface area contributed by atoms with Gasteiger partial charge in [0.25, 0.3) is 11.5 Å². The highest BCUT2D eigenvalue weighted by Gasteiger charge is 2.17. The van der Waals surface area contributed by atoms with Gasteiger partial charge in [0.2, 0.25) is 0 Å². The van der Waals surface area contributed by atoms with Gasteiger partial charge in [-0.25, -0.2) is 14.9 Å². The zero-order valence-electron chi connectivity index (χ0n) is 15.2. The Labute approximate surface area is 182 Å². The summed E-state index contributed by atoms with van der Waals surface area (Å²) in [6, 6.07) is 14.2. The minimum Gasteiger partial charge on any atom is -0.451 e. The minimum absolute atomic E-state index is 0.0656. The fraction of sp³-hybridized carbons (Fsp3) is 0.0500. The summed E-state index contributed by atoms with van der Waals surface area (Å²) in [6.45, 7) is -0.514. The number of benzene rings is 2. The number of anilines is 1. The molecule has 0 unspecified atom stereocenters. The van der Waals surface area contributed by atoms with Crippen LogP contribution >= 0.6 is 27.3 Å². The van der Waals surface area contributed by atoms with Crippen LogP contribution in [0.5, 0.6) is 0 Å². The van der Waals surface area contributed by atoms with E-state index >= 15 is 0 Å². The third kappa shape index (κ3) is 4.29. The number of H-pyrrole nitrogens is 1. The normalized spacial score (nSPS) is 10.7. The second-order valence-corrected chi connectivity index (χ2v) is 7.89. The maximum atomic E-state index is 12.3. The van der Waals surface area contributed by atoms with Gasteiger partial charge in [-0.05, 0) is 18.2 Å². The zero-order chi connectivity index (χ0) is 21.1. The molecule has 2 N–H and O–H groups in total. The molecule has 0 spiro atoms. The fourth-order valence-corrected chi connectivity index (χ4v) is 3.87. The highest BCUT2D eigenvalue weighted by Crippen LogP contribution is 2.26. The number of amides is 1. The van der Waals surface area contributed by atoms with Crippen molar-refractivity contribution in [1.29, 1.82) is 0 Å². The van der Waals surface area contributed by atoms with E-state index in [0.29, 0.717) is 15.9 Å². The number of hydrogen-bond donors (Lipinski definition) is 2. The number of rotatable bonds is 5. The van der Waals surface area contributed by atoms with Gasteiger partial charge < -0.3 is 4.74 Å². The van der Waals surface area contributed by atoms with Gasteiger partial charge in [0.05, 0.1) is 11.1 Å². The van der Waals surface area contributed by atoms with Gasteiger partial charge in [-0.3, -0.25) is 14.9 Å². The molecule has 0 aliphatic carbocycles.